The second-order valence-electron chi connectivity index (χ2n) is 6.08. The Kier molecular flexibility index (Phi) is 4.66. The predicted octanol–water partition coefficient (Wildman–Crippen LogP) is 1.69. The van der Waals surface area contributed by atoms with Gasteiger partial charge in [0.15, 0.2) is 0 Å². The number of hydrogen-bond donors (Lipinski definition) is 1. The number of amides is 2. The summed E-state index contributed by atoms with van der Waals surface area (Å²) in [4.78, 5) is 15.5. The molecule has 2 amide bonds. The van der Waals surface area contributed by atoms with Gasteiger partial charge in [-0.25, -0.2) is 4.79 Å². The third kappa shape index (κ3) is 3.73. The summed E-state index contributed by atoms with van der Waals surface area (Å²) in [6.45, 7) is 3.18. The first-order chi connectivity index (χ1) is 11.1. The summed E-state index contributed by atoms with van der Waals surface area (Å²) in [5, 5.41) is 7.37. The molecule has 1 aliphatic heterocycles. The van der Waals surface area contributed by atoms with Crippen molar-refractivity contribution in [3.05, 3.63) is 42.1 Å². The van der Waals surface area contributed by atoms with E-state index < -0.39 is 0 Å². The summed E-state index contributed by atoms with van der Waals surface area (Å²) in [7, 11) is 3.49. The molecule has 0 bridgehead atoms. The summed E-state index contributed by atoms with van der Waals surface area (Å²) in [6.07, 6.45) is 4.40. The quantitative estimate of drug-likeness (QED) is 0.911. The number of carbonyl (C=O) groups excluding carboxylic acids is 1. The van der Waals surface area contributed by atoms with Crippen molar-refractivity contribution in [3.63, 3.8) is 0 Å². The third-order valence-electron chi connectivity index (χ3n) is 4.07. The second kappa shape index (κ2) is 6.87. The van der Waals surface area contributed by atoms with E-state index in [1.807, 2.05) is 18.3 Å². The van der Waals surface area contributed by atoms with E-state index in [4.69, 9.17) is 4.42 Å². The Morgan fingerprint density at radius 3 is 3.09 bits per heavy atom. The molecular formula is C16H23N5O2. The standard InChI is InChI=1S/C16H23N5O2/c1-19(2)16(22)17-7-5-13-10-20(12-15-4-3-9-23-15)11-14-6-8-18-21(13)14/h3-4,6,8-9,13H,5,7,10-12H2,1-2H3,(H,17,22). The van der Waals surface area contributed by atoms with Gasteiger partial charge in [0.2, 0.25) is 0 Å². The van der Waals surface area contributed by atoms with Gasteiger partial charge in [0.05, 0.1) is 24.5 Å². The molecule has 0 fully saturated rings. The molecule has 0 spiro atoms. The van der Waals surface area contributed by atoms with Gasteiger partial charge in [-0.15, -0.1) is 0 Å². The van der Waals surface area contributed by atoms with Crippen LogP contribution in [-0.4, -0.2) is 52.8 Å². The molecule has 0 saturated carbocycles. The van der Waals surface area contributed by atoms with E-state index in [0.717, 1.165) is 31.8 Å². The summed E-state index contributed by atoms with van der Waals surface area (Å²) in [5.74, 6) is 0.970. The van der Waals surface area contributed by atoms with Crippen molar-refractivity contribution in [2.45, 2.75) is 25.6 Å². The highest BCUT2D eigenvalue weighted by Crippen LogP contribution is 2.24. The molecule has 7 nitrogen and oxygen atoms in total. The highest BCUT2D eigenvalue weighted by atomic mass is 16.3. The maximum Gasteiger partial charge on any atom is 0.316 e. The van der Waals surface area contributed by atoms with Gasteiger partial charge in [-0.2, -0.15) is 5.10 Å². The fourth-order valence-electron chi connectivity index (χ4n) is 2.93. The Hall–Kier alpha value is -2.28. The van der Waals surface area contributed by atoms with Crippen molar-refractivity contribution < 1.29 is 9.21 Å². The largest absolute Gasteiger partial charge is 0.468 e. The smallest absolute Gasteiger partial charge is 0.316 e. The minimum Gasteiger partial charge on any atom is -0.468 e. The van der Waals surface area contributed by atoms with Crippen LogP contribution in [0.15, 0.2) is 35.1 Å². The first-order valence-corrected chi connectivity index (χ1v) is 7.86. The average Bonchev–Trinajstić information content (AvgIpc) is 3.18. The van der Waals surface area contributed by atoms with Crippen LogP contribution in [0.4, 0.5) is 4.79 Å². The molecule has 3 heterocycles. The maximum atomic E-state index is 11.6. The summed E-state index contributed by atoms with van der Waals surface area (Å²) in [6, 6.07) is 6.16. The van der Waals surface area contributed by atoms with Crippen molar-refractivity contribution in [3.8, 4) is 0 Å². The number of furan rings is 1. The van der Waals surface area contributed by atoms with Crippen molar-refractivity contribution in [2.75, 3.05) is 27.2 Å². The molecule has 1 atom stereocenters. The zero-order valence-electron chi connectivity index (χ0n) is 13.6. The van der Waals surface area contributed by atoms with E-state index in [1.54, 1.807) is 25.3 Å². The van der Waals surface area contributed by atoms with E-state index in [1.165, 1.54) is 5.69 Å². The molecule has 1 N–H and O–H groups in total. The Bertz CT molecular complexity index is 635. The second-order valence-corrected chi connectivity index (χ2v) is 6.08. The first-order valence-electron chi connectivity index (χ1n) is 7.86. The number of rotatable bonds is 5. The molecule has 1 aliphatic rings. The number of urea groups is 1. The lowest BCUT2D eigenvalue weighted by Gasteiger charge is -2.33. The van der Waals surface area contributed by atoms with Crippen LogP contribution in [0.1, 0.15) is 23.9 Å². The molecule has 2 aromatic rings. The Balaban J connectivity index is 1.61. The minimum atomic E-state index is -0.0612. The fourth-order valence-corrected chi connectivity index (χ4v) is 2.93. The highest BCUT2D eigenvalue weighted by Gasteiger charge is 2.25. The molecule has 7 heteroatoms. The lowest BCUT2D eigenvalue weighted by Crippen LogP contribution is -2.40. The van der Waals surface area contributed by atoms with E-state index in [0.29, 0.717) is 6.54 Å². The number of carbonyl (C=O) groups is 1. The van der Waals surface area contributed by atoms with Crippen LogP contribution in [0.3, 0.4) is 0 Å². The van der Waals surface area contributed by atoms with Crippen LogP contribution in [0.2, 0.25) is 0 Å². The molecule has 23 heavy (non-hydrogen) atoms. The van der Waals surface area contributed by atoms with E-state index in [2.05, 4.69) is 26.1 Å². The summed E-state index contributed by atoms with van der Waals surface area (Å²) in [5.41, 5.74) is 1.20. The van der Waals surface area contributed by atoms with Gasteiger partial charge in [-0.3, -0.25) is 9.58 Å². The summed E-state index contributed by atoms with van der Waals surface area (Å²) < 4.78 is 7.54. The number of nitrogens with one attached hydrogen (secondary N) is 1. The Morgan fingerprint density at radius 2 is 2.35 bits per heavy atom. The van der Waals surface area contributed by atoms with Crippen molar-refractivity contribution in [1.29, 1.82) is 0 Å². The molecule has 124 valence electrons. The van der Waals surface area contributed by atoms with E-state index in [-0.39, 0.29) is 12.1 Å². The zero-order chi connectivity index (χ0) is 16.2. The van der Waals surface area contributed by atoms with Crippen LogP contribution in [-0.2, 0) is 13.1 Å². The molecular weight excluding hydrogens is 294 g/mol. The van der Waals surface area contributed by atoms with Gasteiger partial charge in [0, 0.05) is 39.9 Å². The molecule has 0 aromatic carbocycles. The first kappa shape index (κ1) is 15.6. The predicted molar refractivity (Wildman–Crippen MR) is 85.8 cm³/mol. The van der Waals surface area contributed by atoms with Crippen LogP contribution in [0.5, 0.6) is 0 Å². The third-order valence-corrected chi connectivity index (χ3v) is 4.07. The van der Waals surface area contributed by atoms with Gasteiger partial charge >= 0.3 is 6.03 Å². The Morgan fingerprint density at radius 1 is 1.48 bits per heavy atom. The van der Waals surface area contributed by atoms with Gasteiger partial charge in [-0.1, -0.05) is 0 Å². The number of aromatic nitrogens is 2. The van der Waals surface area contributed by atoms with Gasteiger partial charge in [0.25, 0.3) is 0 Å². The molecule has 3 rings (SSSR count). The molecule has 0 aliphatic carbocycles. The lowest BCUT2D eigenvalue weighted by molar-refractivity contribution is 0.151. The van der Waals surface area contributed by atoms with E-state index >= 15 is 0 Å². The monoisotopic (exact) mass is 317 g/mol. The fraction of sp³-hybridized carbons (Fsp3) is 0.500. The SMILES string of the molecule is CN(C)C(=O)NCCC1CN(Cc2ccco2)Cc2ccnn21. The van der Waals surface area contributed by atoms with Crippen LogP contribution in [0, 0.1) is 0 Å². The molecule has 0 radical (unpaired) electrons. The Labute approximate surface area is 135 Å². The number of fused-ring (bicyclic) bond motifs is 1. The van der Waals surface area contributed by atoms with Crippen LogP contribution in [0.25, 0.3) is 0 Å². The van der Waals surface area contributed by atoms with Gasteiger partial charge in [-0.05, 0) is 24.6 Å². The lowest BCUT2D eigenvalue weighted by atomic mass is 10.1. The van der Waals surface area contributed by atoms with Crippen LogP contribution >= 0.6 is 0 Å². The normalized spacial score (nSPS) is 17.7. The topological polar surface area (TPSA) is 66.5 Å². The van der Waals surface area contributed by atoms with Crippen molar-refractivity contribution >= 4 is 6.03 Å². The minimum absolute atomic E-state index is 0.0612. The van der Waals surface area contributed by atoms with Crippen molar-refractivity contribution in [2.24, 2.45) is 0 Å². The van der Waals surface area contributed by atoms with Gasteiger partial charge in [0.1, 0.15) is 5.76 Å². The average molecular weight is 317 g/mol. The zero-order valence-corrected chi connectivity index (χ0v) is 13.6. The van der Waals surface area contributed by atoms with Crippen molar-refractivity contribution in [1.82, 2.24) is 24.9 Å². The molecule has 2 aromatic heterocycles. The molecule has 1 unspecified atom stereocenters. The van der Waals surface area contributed by atoms with Crippen LogP contribution < -0.4 is 5.32 Å². The molecule has 0 saturated heterocycles. The number of hydrogen-bond acceptors (Lipinski definition) is 4. The maximum absolute atomic E-state index is 11.6. The summed E-state index contributed by atoms with van der Waals surface area (Å²) >= 11 is 0. The highest BCUT2D eigenvalue weighted by molar-refractivity contribution is 5.73. The van der Waals surface area contributed by atoms with E-state index in [9.17, 15) is 4.79 Å². The number of nitrogens with zero attached hydrogens (tertiary/aromatic N) is 4. The van der Waals surface area contributed by atoms with Gasteiger partial charge < -0.3 is 14.6 Å².